The average Bonchev–Trinajstić information content (AvgIpc) is 2.39. The van der Waals surface area contributed by atoms with Gasteiger partial charge in [0.25, 0.3) is 5.56 Å². The lowest BCUT2D eigenvalue weighted by molar-refractivity contribution is 0.269. The third-order valence-corrected chi connectivity index (χ3v) is 4.37. The van der Waals surface area contributed by atoms with E-state index in [1.54, 1.807) is 6.20 Å². The summed E-state index contributed by atoms with van der Waals surface area (Å²) in [4.78, 5) is 12.1. The van der Waals surface area contributed by atoms with Crippen molar-refractivity contribution in [2.45, 2.75) is 54.0 Å². The summed E-state index contributed by atoms with van der Waals surface area (Å²) in [6.45, 7) is 12.2. The SMILES string of the molecule is CCCCn1ncc(NCC(C)(C)C(C)C)c(Cl)c1=O. The van der Waals surface area contributed by atoms with E-state index in [2.05, 4.69) is 45.0 Å². The van der Waals surface area contributed by atoms with Crippen molar-refractivity contribution in [3.63, 3.8) is 0 Å². The zero-order chi connectivity index (χ0) is 15.3. The molecule has 1 aromatic heterocycles. The molecule has 0 amide bonds. The van der Waals surface area contributed by atoms with Crippen LogP contribution >= 0.6 is 11.6 Å². The van der Waals surface area contributed by atoms with Gasteiger partial charge in [0, 0.05) is 13.1 Å². The highest BCUT2D eigenvalue weighted by Gasteiger charge is 2.22. The first kappa shape index (κ1) is 17.0. The third-order valence-electron chi connectivity index (χ3n) is 4.01. The van der Waals surface area contributed by atoms with Gasteiger partial charge in [-0.1, -0.05) is 52.6 Å². The lowest BCUT2D eigenvalue weighted by Crippen LogP contribution is -2.30. The minimum atomic E-state index is -0.215. The number of unbranched alkanes of at least 4 members (excludes halogenated alkanes) is 1. The molecule has 0 spiro atoms. The Balaban J connectivity index is 2.83. The van der Waals surface area contributed by atoms with Crippen molar-refractivity contribution in [1.29, 1.82) is 0 Å². The van der Waals surface area contributed by atoms with Crippen LogP contribution in [0.5, 0.6) is 0 Å². The lowest BCUT2D eigenvalue weighted by Gasteiger charge is -2.29. The van der Waals surface area contributed by atoms with Crippen LogP contribution in [0.15, 0.2) is 11.0 Å². The zero-order valence-electron chi connectivity index (χ0n) is 13.2. The van der Waals surface area contributed by atoms with Gasteiger partial charge in [-0.05, 0) is 17.8 Å². The summed E-state index contributed by atoms with van der Waals surface area (Å²) in [6.07, 6.45) is 3.60. The highest BCUT2D eigenvalue weighted by Crippen LogP contribution is 2.27. The van der Waals surface area contributed by atoms with Gasteiger partial charge >= 0.3 is 0 Å². The van der Waals surface area contributed by atoms with Crippen molar-refractivity contribution in [3.05, 3.63) is 21.6 Å². The van der Waals surface area contributed by atoms with Gasteiger partial charge in [0.15, 0.2) is 0 Å². The number of hydrogen-bond acceptors (Lipinski definition) is 3. The van der Waals surface area contributed by atoms with Crippen LogP contribution in [-0.2, 0) is 6.54 Å². The zero-order valence-corrected chi connectivity index (χ0v) is 13.9. The number of hydrogen-bond donors (Lipinski definition) is 1. The number of nitrogens with zero attached hydrogens (tertiary/aromatic N) is 2. The molecule has 0 unspecified atom stereocenters. The van der Waals surface area contributed by atoms with Crippen LogP contribution in [0.4, 0.5) is 5.69 Å². The number of rotatable bonds is 7. The number of aromatic nitrogens is 2. The van der Waals surface area contributed by atoms with E-state index in [1.165, 1.54) is 4.68 Å². The average molecular weight is 300 g/mol. The van der Waals surface area contributed by atoms with Crippen molar-refractivity contribution in [2.24, 2.45) is 11.3 Å². The molecule has 20 heavy (non-hydrogen) atoms. The fourth-order valence-electron chi connectivity index (χ4n) is 1.58. The maximum absolute atomic E-state index is 12.1. The minimum absolute atomic E-state index is 0.125. The molecule has 0 aliphatic rings. The first-order valence-electron chi connectivity index (χ1n) is 7.29. The van der Waals surface area contributed by atoms with Gasteiger partial charge < -0.3 is 5.32 Å². The molecule has 1 rings (SSSR count). The van der Waals surface area contributed by atoms with Gasteiger partial charge in [-0.2, -0.15) is 5.10 Å². The monoisotopic (exact) mass is 299 g/mol. The van der Waals surface area contributed by atoms with E-state index < -0.39 is 0 Å². The standard InChI is InChI=1S/C15H26ClN3O/c1-6-7-8-19-14(20)13(16)12(9-18-19)17-10-15(4,5)11(2)3/h9,11,17H,6-8,10H2,1-5H3. The largest absolute Gasteiger partial charge is 0.382 e. The molecule has 0 radical (unpaired) electrons. The summed E-state index contributed by atoms with van der Waals surface area (Å²) in [5.41, 5.74) is 0.533. The molecular weight excluding hydrogens is 274 g/mol. The summed E-state index contributed by atoms with van der Waals surface area (Å²) < 4.78 is 1.44. The Hall–Kier alpha value is -1.03. The van der Waals surface area contributed by atoms with Crippen LogP contribution in [-0.4, -0.2) is 16.3 Å². The maximum Gasteiger partial charge on any atom is 0.287 e. The van der Waals surface area contributed by atoms with Crippen molar-refractivity contribution >= 4 is 17.3 Å². The van der Waals surface area contributed by atoms with Gasteiger partial charge in [0.1, 0.15) is 5.02 Å². The van der Waals surface area contributed by atoms with Crippen molar-refractivity contribution < 1.29 is 0 Å². The quantitative estimate of drug-likeness (QED) is 0.833. The van der Waals surface area contributed by atoms with Gasteiger partial charge in [-0.15, -0.1) is 0 Å². The fraction of sp³-hybridized carbons (Fsp3) is 0.733. The number of nitrogens with one attached hydrogen (secondary N) is 1. The molecule has 1 heterocycles. The van der Waals surface area contributed by atoms with Crippen LogP contribution in [0.2, 0.25) is 5.02 Å². The number of anilines is 1. The Bertz CT molecular complexity index is 494. The summed E-state index contributed by atoms with van der Waals surface area (Å²) in [5, 5.41) is 7.66. The Morgan fingerprint density at radius 1 is 1.45 bits per heavy atom. The highest BCUT2D eigenvalue weighted by molar-refractivity contribution is 6.32. The van der Waals surface area contributed by atoms with Gasteiger partial charge in [0.05, 0.1) is 11.9 Å². The molecule has 0 aliphatic heterocycles. The van der Waals surface area contributed by atoms with E-state index in [0.29, 0.717) is 18.2 Å². The first-order chi connectivity index (χ1) is 9.29. The van der Waals surface area contributed by atoms with Gasteiger partial charge in [-0.25, -0.2) is 4.68 Å². The van der Waals surface area contributed by atoms with E-state index in [9.17, 15) is 4.79 Å². The minimum Gasteiger partial charge on any atom is -0.382 e. The topological polar surface area (TPSA) is 46.9 Å². The normalized spacial score (nSPS) is 11.9. The van der Waals surface area contributed by atoms with Gasteiger partial charge in [-0.3, -0.25) is 4.79 Å². The Kier molecular flexibility index (Phi) is 6.06. The second kappa shape index (κ2) is 7.11. The van der Waals surface area contributed by atoms with E-state index in [1.807, 2.05) is 0 Å². The van der Waals surface area contributed by atoms with Gasteiger partial charge in [0.2, 0.25) is 0 Å². The van der Waals surface area contributed by atoms with E-state index in [0.717, 1.165) is 19.4 Å². The Morgan fingerprint density at radius 3 is 2.65 bits per heavy atom. The maximum atomic E-state index is 12.1. The van der Waals surface area contributed by atoms with Crippen molar-refractivity contribution in [3.8, 4) is 0 Å². The van der Waals surface area contributed by atoms with Crippen LogP contribution in [0.25, 0.3) is 0 Å². The molecule has 0 saturated carbocycles. The van der Waals surface area contributed by atoms with Crippen LogP contribution in [0, 0.1) is 11.3 Å². The lowest BCUT2D eigenvalue weighted by atomic mass is 9.81. The predicted octanol–water partition coefficient (Wildman–Crippen LogP) is 3.79. The predicted molar refractivity (Wildman–Crippen MR) is 85.5 cm³/mol. The molecule has 0 saturated heterocycles. The number of aryl methyl sites for hydroxylation is 1. The fourth-order valence-corrected chi connectivity index (χ4v) is 1.80. The highest BCUT2D eigenvalue weighted by atomic mass is 35.5. The summed E-state index contributed by atoms with van der Waals surface area (Å²) in [6, 6.07) is 0. The molecule has 0 fully saturated rings. The first-order valence-corrected chi connectivity index (χ1v) is 7.67. The Morgan fingerprint density at radius 2 is 2.10 bits per heavy atom. The third kappa shape index (κ3) is 4.23. The van der Waals surface area contributed by atoms with Crippen LogP contribution in [0.3, 0.4) is 0 Å². The van der Waals surface area contributed by atoms with E-state index >= 15 is 0 Å². The molecule has 0 aliphatic carbocycles. The molecule has 114 valence electrons. The van der Waals surface area contributed by atoms with Crippen LogP contribution < -0.4 is 10.9 Å². The number of halogens is 1. The van der Waals surface area contributed by atoms with E-state index in [4.69, 9.17) is 11.6 Å². The molecule has 0 atom stereocenters. The van der Waals surface area contributed by atoms with Crippen LogP contribution in [0.1, 0.15) is 47.5 Å². The molecule has 1 aromatic rings. The molecule has 5 heteroatoms. The molecule has 0 bridgehead atoms. The molecule has 4 nitrogen and oxygen atoms in total. The summed E-state index contributed by atoms with van der Waals surface area (Å²) >= 11 is 6.15. The summed E-state index contributed by atoms with van der Waals surface area (Å²) in [7, 11) is 0. The van der Waals surface area contributed by atoms with E-state index in [-0.39, 0.29) is 16.0 Å². The summed E-state index contributed by atoms with van der Waals surface area (Å²) in [5.74, 6) is 0.534. The second-order valence-electron chi connectivity index (χ2n) is 6.25. The molecular formula is C15H26ClN3O. The smallest absolute Gasteiger partial charge is 0.287 e. The molecule has 0 aromatic carbocycles. The van der Waals surface area contributed by atoms with Crippen molar-refractivity contribution in [2.75, 3.05) is 11.9 Å². The molecule has 1 N–H and O–H groups in total. The van der Waals surface area contributed by atoms with Crippen molar-refractivity contribution in [1.82, 2.24) is 9.78 Å². The second-order valence-corrected chi connectivity index (χ2v) is 6.63. The Labute approximate surface area is 126 Å².